The zero-order chi connectivity index (χ0) is 17.6. The van der Waals surface area contributed by atoms with Gasteiger partial charge in [-0.05, 0) is 36.8 Å². The molecule has 0 saturated heterocycles. The smallest absolute Gasteiger partial charge is 0.210 e. The Labute approximate surface area is 164 Å². The normalized spacial score (nSPS) is 10.7. The molecule has 3 rings (SSSR count). The molecule has 0 unspecified atom stereocenters. The topological polar surface area (TPSA) is 47.0 Å². The Morgan fingerprint density at radius 2 is 2.00 bits per heavy atom. The van der Waals surface area contributed by atoms with E-state index in [1.54, 1.807) is 17.8 Å². The second kappa shape index (κ2) is 8.76. The molecule has 0 amide bonds. The van der Waals surface area contributed by atoms with Crippen LogP contribution in [0.4, 0.5) is 10.8 Å². The molecule has 0 spiro atoms. The van der Waals surface area contributed by atoms with Gasteiger partial charge in [0.1, 0.15) is 5.75 Å². The summed E-state index contributed by atoms with van der Waals surface area (Å²) in [5, 5.41) is 13.7. The average molecular weight is 412 g/mol. The first kappa shape index (κ1) is 18.3. The molecule has 4 nitrogen and oxygen atoms in total. The van der Waals surface area contributed by atoms with Crippen LogP contribution in [0.2, 0.25) is 10.0 Å². The van der Waals surface area contributed by atoms with Crippen molar-refractivity contribution in [3.05, 3.63) is 58.1 Å². The molecule has 0 aliphatic heterocycles. The molecule has 25 heavy (non-hydrogen) atoms. The van der Waals surface area contributed by atoms with Crippen molar-refractivity contribution in [1.29, 1.82) is 0 Å². The third-order valence-corrected chi connectivity index (χ3v) is 5.81. The summed E-state index contributed by atoms with van der Waals surface area (Å²) in [7, 11) is 0. The number of nitrogens with one attached hydrogen (secondary N) is 1. The molecule has 0 radical (unpaired) electrons. The van der Waals surface area contributed by atoms with Crippen LogP contribution in [0.15, 0.2) is 46.8 Å². The minimum atomic E-state index is 0.609. The highest BCUT2D eigenvalue weighted by atomic mass is 35.5. The van der Waals surface area contributed by atoms with Crippen LogP contribution in [0.1, 0.15) is 12.5 Å². The second-order valence-electron chi connectivity index (χ2n) is 4.95. The van der Waals surface area contributed by atoms with E-state index in [-0.39, 0.29) is 0 Å². The summed E-state index contributed by atoms with van der Waals surface area (Å²) >= 11 is 15.2. The number of nitrogens with zero attached hydrogens (tertiary/aromatic N) is 2. The van der Waals surface area contributed by atoms with E-state index in [1.165, 1.54) is 11.3 Å². The maximum Gasteiger partial charge on any atom is 0.210 e. The second-order valence-corrected chi connectivity index (χ2v) is 8.00. The maximum absolute atomic E-state index is 6.20. The summed E-state index contributed by atoms with van der Waals surface area (Å²) < 4.78 is 6.47. The van der Waals surface area contributed by atoms with Crippen molar-refractivity contribution in [3.8, 4) is 5.75 Å². The number of thioether (sulfide) groups is 1. The molecule has 0 bridgehead atoms. The van der Waals surface area contributed by atoms with Gasteiger partial charge in [-0.1, -0.05) is 64.5 Å². The van der Waals surface area contributed by atoms with E-state index < -0.39 is 0 Å². The number of hydrogen-bond donors (Lipinski definition) is 1. The molecular formula is C17H15Cl2N3OS2. The summed E-state index contributed by atoms with van der Waals surface area (Å²) in [6, 6.07) is 13.3. The Morgan fingerprint density at radius 1 is 1.16 bits per heavy atom. The standard InChI is InChI=1S/C17H15Cl2N3OS2/c1-2-23-15-6-4-3-5-14(15)20-16-21-22-17(25-16)24-10-11-7-8-12(18)9-13(11)19/h3-9H,2,10H2,1H3,(H,20,21). The Bertz CT molecular complexity index is 857. The third kappa shape index (κ3) is 5.01. The van der Waals surface area contributed by atoms with Crippen molar-refractivity contribution in [1.82, 2.24) is 10.2 Å². The van der Waals surface area contributed by atoms with Gasteiger partial charge in [0.25, 0.3) is 0 Å². The first-order chi connectivity index (χ1) is 12.2. The third-order valence-electron chi connectivity index (χ3n) is 3.20. The molecule has 130 valence electrons. The van der Waals surface area contributed by atoms with Crippen molar-refractivity contribution in [2.24, 2.45) is 0 Å². The largest absolute Gasteiger partial charge is 0.492 e. The van der Waals surface area contributed by atoms with Crippen molar-refractivity contribution in [2.45, 2.75) is 17.0 Å². The molecule has 1 aromatic heterocycles. The van der Waals surface area contributed by atoms with E-state index in [0.717, 1.165) is 26.5 Å². The Morgan fingerprint density at radius 3 is 2.80 bits per heavy atom. The fraction of sp³-hybridized carbons (Fsp3) is 0.176. The molecule has 3 aromatic rings. The predicted octanol–water partition coefficient (Wildman–Crippen LogP) is 6.28. The fourth-order valence-electron chi connectivity index (χ4n) is 2.06. The van der Waals surface area contributed by atoms with E-state index in [4.69, 9.17) is 27.9 Å². The van der Waals surface area contributed by atoms with Crippen LogP contribution < -0.4 is 10.1 Å². The Kier molecular flexibility index (Phi) is 6.42. The number of ether oxygens (including phenoxy) is 1. The highest BCUT2D eigenvalue weighted by molar-refractivity contribution is 8.00. The Hall–Kier alpha value is -1.47. The highest BCUT2D eigenvalue weighted by Gasteiger charge is 2.09. The van der Waals surface area contributed by atoms with Gasteiger partial charge in [0.2, 0.25) is 5.13 Å². The summed E-state index contributed by atoms with van der Waals surface area (Å²) in [5.74, 6) is 1.50. The van der Waals surface area contributed by atoms with Crippen molar-refractivity contribution in [2.75, 3.05) is 11.9 Å². The lowest BCUT2D eigenvalue weighted by Gasteiger charge is -2.09. The summed E-state index contributed by atoms with van der Waals surface area (Å²) in [6.07, 6.45) is 0. The average Bonchev–Trinajstić information content (AvgIpc) is 3.04. The maximum atomic E-state index is 6.20. The number of benzene rings is 2. The lowest BCUT2D eigenvalue weighted by molar-refractivity contribution is 0.342. The van der Waals surface area contributed by atoms with E-state index >= 15 is 0 Å². The number of anilines is 2. The molecule has 0 saturated carbocycles. The Balaban J connectivity index is 1.65. The van der Waals surface area contributed by atoms with Crippen molar-refractivity contribution in [3.63, 3.8) is 0 Å². The molecule has 8 heteroatoms. The zero-order valence-corrected chi connectivity index (χ0v) is 16.5. The lowest BCUT2D eigenvalue weighted by atomic mass is 10.2. The number of halogens is 2. The highest BCUT2D eigenvalue weighted by Crippen LogP contribution is 2.34. The van der Waals surface area contributed by atoms with Crippen LogP contribution in [-0.2, 0) is 5.75 Å². The quantitative estimate of drug-likeness (QED) is 0.463. The summed E-state index contributed by atoms with van der Waals surface area (Å²) in [6.45, 7) is 2.57. The van der Waals surface area contributed by atoms with Gasteiger partial charge < -0.3 is 10.1 Å². The van der Waals surface area contributed by atoms with Gasteiger partial charge in [-0.25, -0.2) is 0 Å². The lowest BCUT2D eigenvalue weighted by Crippen LogP contribution is -1.97. The summed E-state index contributed by atoms with van der Waals surface area (Å²) in [4.78, 5) is 0. The van der Waals surface area contributed by atoms with Gasteiger partial charge in [0.15, 0.2) is 4.34 Å². The minimum absolute atomic E-state index is 0.609. The van der Waals surface area contributed by atoms with E-state index in [2.05, 4.69) is 15.5 Å². The molecule has 1 heterocycles. The van der Waals surface area contributed by atoms with Crippen LogP contribution >= 0.6 is 46.3 Å². The van der Waals surface area contributed by atoms with Crippen LogP contribution in [0.25, 0.3) is 0 Å². The molecule has 2 aromatic carbocycles. The molecule has 0 aliphatic rings. The van der Waals surface area contributed by atoms with Gasteiger partial charge in [-0.2, -0.15) is 0 Å². The van der Waals surface area contributed by atoms with Gasteiger partial charge >= 0.3 is 0 Å². The van der Waals surface area contributed by atoms with Crippen molar-refractivity contribution >= 4 is 57.1 Å². The minimum Gasteiger partial charge on any atom is -0.492 e. The van der Waals surface area contributed by atoms with Gasteiger partial charge in [-0.3, -0.25) is 0 Å². The predicted molar refractivity (Wildman–Crippen MR) is 107 cm³/mol. The SMILES string of the molecule is CCOc1ccccc1Nc1nnc(SCc2ccc(Cl)cc2Cl)s1. The summed E-state index contributed by atoms with van der Waals surface area (Å²) in [5.41, 5.74) is 1.89. The zero-order valence-electron chi connectivity index (χ0n) is 13.3. The number of aromatic nitrogens is 2. The fourth-order valence-corrected chi connectivity index (χ4v) is 4.39. The number of rotatable bonds is 7. The molecule has 1 N–H and O–H groups in total. The molecular weight excluding hydrogens is 397 g/mol. The first-order valence-electron chi connectivity index (χ1n) is 7.55. The van der Waals surface area contributed by atoms with Crippen LogP contribution in [0, 0.1) is 0 Å². The van der Waals surface area contributed by atoms with E-state index in [1.807, 2.05) is 43.3 Å². The van der Waals surface area contributed by atoms with Crippen LogP contribution in [0.5, 0.6) is 5.75 Å². The number of para-hydroxylation sites is 2. The molecule has 0 aliphatic carbocycles. The number of hydrogen-bond acceptors (Lipinski definition) is 6. The first-order valence-corrected chi connectivity index (χ1v) is 10.1. The molecule has 0 fully saturated rings. The van der Waals surface area contributed by atoms with Gasteiger partial charge in [-0.15, -0.1) is 10.2 Å². The van der Waals surface area contributed by atoms with Crippen LogP contribution in [0.3, 0.4) is 0 Å². The van der Waals surface area contributed by atoms with Gasteiger partial charge in [0.05, 0.1) is 12.3 Å². The molecule has 0 atom stereocenters. The van der Waals surface area contributed by atoms with Gasteiger partial charge in [0, 0.05) is 15.8 Å². The monoisotopic (exact) mass is 411 g/mol. The van der Waals surface area contributed by atoms with Crippen molar-refractivity contribution < 1.29 is 4.74 Å². The van der Waals surface area contributed by atoms with E-state index in [0.29, 0.717) is 22.4 Å². The van der Waals surface area contributed by atoms with Crippen LogP contribution in [-0.4, -0.2) is 16.8 Å². The van der Waals surface area contributed by atoms with E-state index in [9.17, 15) is 0 Å².